The lowest BCUT2D eigenvalue weighted by Crippen LogP contribution is -2.14. The smallest absolute Gasteiger partial charge is 0.337 e. The van der Waals surface area contributed by atoms with Gasteiger partial charge >= 0.3 is 5.97 Å². The van der Waals surface area contributed by atoms with Crippen LogP contribution in [0.2, 0.25) is 0 Å². The zero-order valence-electron chi connectivity index (χ0n) is 15.3. The minimum Gasteiger partial charge on any atom is -0.465 e. The summed E-state index contributed by atoms with van der Waals surface area (Å²) in [5, 5.41) is 14.8. The molecule has 3 aromatic rings. The van der Waals surface area contributed by atoms with Gasteiger partial charge in [0.25, 0.3) is 0 Å². The van der Waals surface area contributed by atoms with Crippen LogP contribution >= 0.6 is 23.1 Å². The Morgan fingerprint density at radius 2 is 1.89 bits per heavy atom. The molecule has 144 valence electrons. The highest BCUT2D eigenvalue weighted by Crippen LogP contribution is 2.28. The van der Waals surface area contributed by atoms with Crippen LogP contribution in [0.4, 0.5) is 16.5 Å². The molecule has 0 bridgehead atoms. The molecule has 2 N–H and O–H groups in total. The lowest BCUT2D eigenvalue weighted by Gasteiger charge is -2.06. The first-order valence-corrected chi connectivity index (χ1v) is 10.1. The number of ether oxygens (including phenoxy) is 1. The van der Waals surface area contributed by atoms with E-state index in [1.165, 1.54) is 30.2 Å². The Labute approximate surface area is 170 Å². The van der Waals surface area contributed by atoms with Crippen molar-refractivity contribution >= 4 is 51.5 Å². The van der Waals surface area contributed by atoms with Gasteiger partial charge in [0.05, 0.1) is 18.4 Å². The molecule has 0 spiro atoms. The van der Waals surface area contributed by atoms with Gasteiger partial charge in [-0.15, -0.1) is 10.2 Å². The van der Waals surface area contributed by atoms with Crippen molar-refractivity contribution in [3.05, 3.63) is 59.7 Å². The number of thioether (sulfide) groups is 1. The van der Waals surface area contributed by atoms with Crippen LogP contribution < -0.4 is 10.6 Å². The molecule has 1 heterocycles. The molecule has 0 aliphatic heterocycles. The first-order chi connectivity index (χ1) is 13.5. The van der Waals surface area contributed by atoms with E-state index >= 15 is 0 Å². The first-order valence-electron chi connectivity index (χ1n) is 8.32. The standard InChI is InChI=1S/C19H18N4O3S2/c1-12-5-3-7-14(9-12)21-18-22-23-19(28-18)27-11-16(24)20-15-8-4-6-13(10-15)17(25)26-2/h3-10H,11H2,1-2H3,(H,20,24)(H,21,22). The summed E-state index contributed by atoms with van der Waals surface area (Å²) in [5.41, 5.74) is 3.00. The average molecular weight is 415 g/mol. The zero-order valence-corrected chi connectivity index (χ0v) is 16.9. The van der Waals surface area contributed by atoms with Gasteiger partial charge in [-0.3, -0.25) is 4.79 Å². The number of methoxy groups -OCH3 is 1. The Morgan fingerprint density at radius 3 is 2.68 bits per heavy atom. The molecular formula is C19H18N4O3S2. The molecule has 3 rings (SSSR count). The van der Waals surface area contributed by atoms with Crippen molar-refractivity contribution in [3.8, 4) is 0 Å². The summed E-state index contributed by atoms with van der Waals surface area (Å²) in [6, 6.07) is 14.6. The molecular weight excluding hydrogens is 396 g/mol. The number of benzene rings is 2. The highest BCUT2D eigenvalue weighted by molar-refractivity contribution is 8.01. The molecule has 0 aliphatic rings. The number of amides is 1. The lowest BCUT2D eigenvalue weighted by atomic mass is 10.2. The summed E-state index contributed by atoms with van der Waals surface area (Å²) >= 11 is 2.68. The number of nitrogens with one attached hydrogen (secondary N) is 2. The Kier molecular flexibility index (Phi) is 6.62. The van der Waals surface area contributed by atoms with E-state index in [4.69, 9.17) is 0 Å². The minimum absolute atomic E-state index is 0.182. The van der Waals surface area contributed by atoms with Gasteiger partial charge in [-0.1, -0.05) is 41.3 Å². The van der Waals surface area contributed by atoms with Crippen LogP contribution in [0.5, 0.6) is 0 Å². The summed E-state index contributed by atoms with van der Waals surface area (Å²) in [5.74, 6) is -0.468. The van der Waals surface area contributed by atoms with Crippen LogP contribution in [-0.4, -0.2) is 34.9 Å². The third-order valence-corrected chi connectivity index (χ3v) is 5.54. The molecule has 0 fully saturated rings. The van der Waals surface area contributed by atoms with Crippen LogP contribution in [0.25, 0.3) is 0 Å². The quantitative estimate of drug-likeness (QED) is 0.444. The van der Waals surface area contributed by atoms with Crippen molar-refractivity contribution in [2.24, 2.45) is 0 Å². The largest absolute Gasteiger partial charge is 0.465 e. The fourth-order valence-electron chi connectivity index (χ4n) is 2.33. The molecule has 2 aromatic carbocycles. The van der Waals surface area contributed by atoms with Crippen molar-refractivity contribution in [2.45, 2.75) is 11.3 Å². The average Bonchev–Trinajstić information content (AvgIpc) is 3.13. The Bertz CT molecular complexity index is 991. The third-order valence-electron chi connectivity index (χ3n) is 3.57. The Balaban J connectivity index is 1.52. The number of carbonyl (C=O) groups excluding carboxylic acids is 2. The molecule has 0 atom stereocenters. The summed E-state index contributed by atoms with van der Waals surface area (Å²) in [6.07, 6.45) is 0. The summed E-state index contributed by atoms with van der Waals surface area (Å²) in [6.45, 7) is 2.02. The van der Waals surface area contributed by atoms with E-state index in [-0.39, 0.29) is 11.7 Å². The summed E-state index contributed by atoms with van der Waals surface area (Å²) in [4.78, 5) is 23.7. The van der Waals surface area contributed by atoms with Crippen molar-refractivity contribution in [2.75, 3.05) is 23.5 Å². The number of rotatable bonds is 7. The molecule has 0 saturated carbocycles. The second kappa shape index (κ2) is 9.34. The van der Waals surface area contributed by atoms with Crippen LogP contribution in [0.1, 0.15) is 15.9 Å². The van der Waals surface area contributed by atoms with E-state index in [1.807, 2.05) is 31.2 Å². The van der Waals surface area contributed by atoms with Gasteiger partial charge in [0.15, 0.2) is 4.34 Å². The number of hydrogen-bond acceptors (Lipinski definition) is 8. The van der Waals surface area contributed by atoms with E-state index in [0.717, 1.165) is 11.3 Å². The van der Waals surface area contributed by atoms with Gasteiger partial charge in [0, 0.05) is 11.4 Å². The normalized spacial score (nSPS) is 10.4. The number of anilines is 3. The molecule has 9 heteroatoms. The van der Waals surface area contributed by atoms with Gasteiger partial charge < -0.3 is 15.4 Å². The maximum Gasteiger partial charge on any atom is 0.337 e. The minimum atomic E-state index is -0.451. The van der Waals surface area contributed by atoms with E-state index in [1.54, 1.807) is 24.3 Å². The van der Waals surface area contributed by atoms with Crippen molar-refractivity contribution in [3.63, 3.8) is 0 Å². The topological polar surface area (TPSA) is 93.2 Å². The third kappa shape index (κ3) is 5.54. The molecule has 1 aromatic heterocycles. The van der Waals surface area contributed by atoms with Gasteiger partial charge in [0.2, 0.25) is 11.0 Å². The number of esters is 1. The summed E-state index contributed by atoms with van der Waals surface area (Å²) in [7, 11) is 1.31. The molecule has 28 heavy (non-hydrogen) atoms. The predicted molar refractivity (Wildman–Crippen MR) is 112 cm³/mol. The predicted octanol–water partition coefficient (Wildman–Crippen LogP) is 4.11. The second-order valence-electron chi connectivity index (χ2n) is 5.78. The van der Waals surface area contributed by atoms with Crippen molar-refractivity contribution in [1.29, 1.82) is 0 Å². The van der Waals surface area contributed by atoms with Gasteiger partial charge in [-0.05, 0) is 42.8 Å². The molecule has 0 radical (unpaired) electrons. The molecule has 0 saturated heterocycles. The summed E-state index contributed by atoms with van der Waals surface area (Å²) < 4.78 is 5.37. The van der Waals surface area contributed by atoms with Crippen LogP contribution in [0.3, 0.4) is 0 Å². The van der Waals surface area contributed by atoms with E-state index in [9.17, 15) is 9.59 Å². The van der Waals surface area contributed by atoms with Crippen LogP contribution in [0.15, 0.2) is 52.9 Å². The number of hydrogen-bond donors (Lipinski definition) is 2. The monoisotopic (exact) mass is 414 g/mol. The second-order valence-corrected chi connectivity index (χ2v) is 7.98. The molecule has 0 aliphatic carbocycles. The van der Waals surface area contributed by atoms with Crippen molar-refractivity contribution < 1.29 is 14.3 Å². The van der Waals surface area contributed by atoms with E-state index in [0.29, 0.717) is 20.7 Å². The van der Waals surface area contributed by atoms with E-state index < -0.39 is 5.97 Å². The molecule has 0 unspecified atom stereocenters. The highest BCUT2D eigenvalue weighted by atomic mass is 32.2. The first kappa shape index (κ1) is 19.8. The Morgan fingerprint density at radius 1 is 1.11 bits per heavy atom. The zero-order chi connectivity index (χ0) is 19.9. The molecule has 7 nitrogen and oxygen atoms in total. The SMILES string of the molecule is COC(=O)c1cccc(NC(=O)CSc2nnc(Nc3cccc(C)c3)s2)c1. The van der Waals surface area contributed by atoms with Gasteiger partial charge in [-0.25, -0.2) is 4.79 Å². The molecule has 1 amide bonds. The highest BCUT2D eigenvalue weighted by Gasteiger charge is 2.10. The number of aryl methyl sites for hydroxylation is 1. The maximum atomic E-state index is 12.2. The number of carbonyl (C=O) groups is 2. The van der Waals surface area contributed by atoms with Gasteiger partial charge in [0.1, 0.15) is 0 Å². The fraction of sp³-hybridized carbons (Fsp3) is 0.158. The van der Waals surface area contributed by atoms with E-state index in [2.05, 4.69) is 25.6 Å². The Hall–Kier alpha value is -2.91. The lowest BCUT2D eigenvalue weighted by molar-refractivity contribution is -0.113. The fourth-order valence-corrected chi connectivity index (χ4v) is 3.90. The maximum absolute atomic E-state index is 12.2. The van der Waals surface area contributed by atoms with Crippen molar-refractivity contribution in [1.82, 2.24) is 10.2 Å². The van der Waals surface area contributed by atoms with Crippen LogP contribution in [-0.2, 0) is 9.53 Å². The number of aromatic nitrogens is 2. The van der Waals surface area contributed by atoms with Gasteiger partial charge in [-0.2, -0.15) is 0 Å². The number of nitrogens with zero attached hydrogens (tertiary/aromatic N) is 2. The van der Waals surface area contributed by atoms with Crippen LogP contribution in [0, 0.1) is 6.92 Å².